The summed E-state index contributed by atoms with van der Waals surface area (Å²) in [5, 5.41) is 10.7. The van der Waals surface area contributed by atoms with Gasteiger partial charge in [0.1, 0.15) is 5.75 Å². The van der Waals surface area contributed by atoms with E-state index in [9.17, 15) is 14.9 Å². The van der Waals surface area contributed by atoms with Crippen LogP contribution < -0.4 is 10.5 Å². The third-order valence-electron chi connectivity index (χ3n) is 1.88. The van der Waals surface area contributed by atoms with Gasteiger partial charge in [0.15, 0.2) is 0 Å². The Balaban J connectivity index is 3.26. The van der Waals surface area contributed by atoms with Crippen LogP contribution in [0.4, 0.5) is 5.69 Å². The van der Waals surface area contributed by atoms with E-state index in [0.717, 1.165) is 0 Å². The van der Waals surface area contributed by atoms with Gasteiger partial charge in [-0.15, -0.1) is 0 Å². The molecular formula is C9H10N2O4. The van der Waals surface area contributed by atoms with Gasteiger partial charge in [-0.25, -0.2) is 0 Å². The van der Waals surface area contributed by atoms with E-state index >= 15 is 0 Å². The number of nitro groups is 1. The van der Waals surface area contributed by atoms with Crippen LogP contribution >= 0.6 is 0 Å². The van der Waals surface area contributed by atoms with Crippen LogP contribution in [-0.2, 0) is 11.2 Å². The fourth-order valence-corrected chi connectivity index (χ4v) is 1.27. The number of nitrogens with two attached hydrogens (primary N) is 1. The van der Waals surface area contributed by atoms with Crippen LogP contribution in [0.25, 0.3) is 0 Å². The number of nitrogens with zero attached hydrogens (tertiary/aromatic N) is 1. The first-order valence-corrected chi connectivity index (χ1v) is 4.15. The van der Waals surface area contributed by atoms with Crippen molar-refractivity contribution in [2.24, 2.45) is 5.73 Å². The van der Waals surface area contributed by atoms with Gasteiger partial charge in [0, 0.05) is 6.07 Å². The van der Waals surface area contributed by atoms with Gasteiger partial charge >= 0.3 is 0 Å². The smallest absolute Gasteiger partial charge is 0.276 e. The average Bonchev–Trinajstić information content (AvgIpc) is 2.16. The molecule has 2 N–H and O–H groups in total. The number of carbonyl (C=O) groups is 1. The van der Waals surface area contributed by atoms with Crippen molar-refractivity contribution in [3.8, 4) is 5.75 Å². The van der Waals surface area contributed by atoms with Gasteiger partial charge in [-0.3, -0.25) is 14.9 Å². The molecular weight excluding hydrogens is 200 g/mol. The topological polar surface area (TPSA) is 95.5 Å². The molecule has 1 aromatic rings. The molecule has 15 heavy (non-hydrogen) atoms. The number of nitro benzene ring substituents is 1. The van der Waals surface area contributed by atoms with Crippen LogP contribution in [0.3, 0.4) is 0 Å². The fourth-order valence-electron chi connectivity index (χ4n) is 1.27. The molecule has 0 atom stereocenters. The zero-order valence-corrected chi connectivity index (χ0v) is 8.10. The lowest BCUT2D eigenvalue weighted by Gasteiger charge is -2.06. The minimum atomic E-state index is -0.636. The van der Waals surface area contributed by atoms with Crippen molar-refractivity contribution in [3.63, 3.8) is 0 Å². The first-order valence-electron chi connectivity index (χ1n) is 4.15. The summed E-state index contributed by atoms with van der Waals surface area (Å²) in [5.41, 5.74) is 5.05. The maximum absolute atomic E-state index is 10.8. The van der Waals surface area contributed by atoms with Crippen LogP contribution in [0, 0.1) is 10.1 Å². The van der Waals surface area contributed by atoms with Crippen molar-refractivity contribution in [2.75, 3.05) is 7.11 Å². The Morgan fingerprint density at radius 2 is 2.27 bits per heavy atom. The van der Waals surface area contributed by atoms with E-state index < -0.39 is 10.8 Å². The number of amides is 1. The van der Waals surface area contributed by atoms with E-state index in [4.69, 9.17) is 10.5 Å². The fraction of sp³-hybridized carbons (Fsp3) is 0.222. The van der Waals surface area contributed by atoms with E-state index in [1.807, 2.05) is 0 Å². The normalized spacial score (nSPS) is 9.67. The van der Waals surface area contributed by atoms with Gasteiger partial charge in [-0.05, 0) is 6.07 Å². The van der Waals surface area contributed by atoms with Gasteiger partial charge in [-0.1, -0.05) is 6.07 Å². The summed E-state index contributed by atoms with van der Waals surface area (Å²) in [5.74, 6) is -0.342. The molecule has 1 amide bonds. The summed E-state index contributed by atoms with van der Waals surface area (Å²) in [6, 6.07) is 4.34. The molecule has 1 rings (SSSR count). The highest BCUT2D eigenvalue weighted by Crippen LogP contribution is 2.28. The summed E-state index contributed by atoms with van der Waals surface area (Å²) in [4.78, 5) is 20.9. The second-order valence-electron chi connectivity index (χ2n) is 2.86. The van der Waals surface area contributed by atoms with Crippen molar-refractivity contribution in [1.82, 2.24) is 0 Å². The Labute approximate surface area is 85.8 Å². The molecule has 0 fully saturated rings. The highest BCUT2D eigenvalue weighted by molar-refractivity contribution is 5.79. The maximum Gasteiger partial charge on any atom is 0.276 e. The second kappa shape index (κ2) is 4.41. The molecule has 0 aliphatic rings. The number of carbonyl (C=O) groups excluding carboxylic acids is 1. The largest absolute Gasteiger partial charge is 0.496 e. The summed E-state index contributed by atoms with van der Waals surface area (Å²) in [6.45, 7) is 0. The zero-order valence-electron chi connectivity index (χ0n) is 8.10. The minimum Gasteiger partial charge on any atom is -0.496 e. The molecule has 0 aliphatic heterocycles. The highest BCUT2D eigenvalue weighted by atomic mass is 16.6. The molecule has 0 radical (unpaired) electrons. The molecule has 0 unspecified atom stereocenters. The van der Waals surface area contributed by atoms with Crippen LogP contribution in [0.15, 0.2) is 18.2 Å². The van der Waals surface area contributed by atoms with Gasteiger partial charge in [0.25, 0.3) is 5.69 Å². The van der Waals surface area contributed by atoms with E-state index in [1.54, 1.807) is 6.07 Å². The first kappa shape index (κ1) is 11.0. The predicted molar refractivity (Wildman–Crippen MR) is 52.5 cm³/mol. The quantitative estimate of drug-likeness (QED) is 0.582. The van der Waals surface area contributed by atoms with E-state index in [1.165, 1.54) is 19.2 Å². The Kier molecular flexibility index (Phi) is 3.22. The van der Waals surface area contributed by atoms with Crippen molar-refractivity contribution >= 4 is 11.6 Å². The third-order valence-corrected chi connectivity index (χ3v) is 1.88. The molecule has 0 aliphatic carbocycles. The number of hydrogen-bond donors (Lipinski definition) is 1. The number of primary amides is 1. The molecule has 80 valence electrons. The van der Waals surface area contributed by atoms with Gasteiger partial charge < -0.3 is 10.5 Å². The maximum atomic E-state index is 10.8. The van der Waals surface area contributed by atoms with E-state index in [0.29, 0.717) is 5.75 Å². The zero-order chi connectivity index (χ0) is 11.4. The molecule has 0 bridgehead atoms. The average molecular weight is 210 g/mol. The Morgan fingerprint density at radius 3 is 2.73 bits per heavy atom. The number of rotatable bonds is 4. The molecule has 6 nitrogen and oxygen atoms in total. The SMILES string of the molecule is COc1cccc([N+](=O)[O-])c1CC(N)=O. The van der Waals surface area contributed by atoms with Crippen LogP contribution in [0.2, 0.25) is 0 Å². The number of hydrogen-bond acceptors (Lipinski definition) is 4. The van der Waals surface area contributed by atoms with Crippen LogP contribution in [-0.4, -0.2) is 17.9 Å². The summed E-state index contributed by atoms with van der Waals surface area (Å²) in [6.07, 6.45) is -0.208. The van der Waals surface area contributed by atoms with Crippen molar-refractivity contribution in [3.05, 3.63) is 33.9 Å². The Bertz CT molecular complexity index is 403. The van der Waals surface area contributed by atoms with E-state index in [-0.39, 0.29) is 17.7 Å². The summed E-state index contributed by atoms with van der Waals surface area (Å²) >= 11 is 0. The van der Waals surface area contributed by atoms with Gasteiger partial charge in [-0.2, -0.15) is 0 Å². The second-order valence-corrected chi connectivity index (χ2v) is 2.86. The lowest BCUT2D eigenvalue weighted by molar-refractivity contribution is -0.385. The molecule has 0 saturated carbocycles. The molecule has 0 aromatic heterocycles. The highest BCUT2D eigenvalue weighted by Gasteiger charge is 2.19. The van der Waals surface area contributed by atoms with Crippen molar-refractivity contribution in [1.29, 1.82) is 0 Å². The van der Waals surface area contributed by atoms with Crippen molar-refractivity contribution < 1.29 is 14.5 Å². The summed E-state index contributed by atoms with van der Waals surface area (Å²) in [7, 11) is 1.38. The van der Waals surface area contributed by atoms with Gasteiger partial charge in [0.2, 0.25) is 5.91 Å². The monoisotopic (exact) mass is 210 g/mol. The number of benzene rings is 1. The Morgan fingerprint density at radius 1 is 1.60 bits per heavy atom. The Hall–Kier alpha value is -2.11. The first-order chi connectivity index (χ1) is 7.06. The molecule has 1 aromatic carbocycles. The number of methoxy groups -OCH3 is 1. The predicted octanol–water partition coefficient (Wildman–Crippen LogP) is 0.631. The standard InChI is InChI=1S/C9H10N2O4/c1-15-8-4-2-3-7(11(13)14)6(8)5-9(10)12/h2-4H,5H2,1H3,(H2,10,12). The molecule has 0 heterocycles. The summed E-state index contributed by atoms with van der Waals surface area (Å²) < 4.78 is 4.92. The lowest BCUT2D eigenvalue weighted by Crippen LogP contribution is -2.15. The van der Waals surface area contributed by atoms with Crippen LogP contribution in [0.5, 0.6) is 5.75 Å². The van der Waals surface area contributed by atoms with Gasteiger partial charge in [0.05, 0.1) is 24.0 Å². The minimum absolute atomic E-state index is 0.159. The lowest BCUT2D eigenvalue weighted by atomic mass is 10.1. The van der Waals surface area contributed by atoms with Crippen LogP contribution in [0.1, 0.15) is 5.56 Å². The molecule has 0 spiro atoms. The number of ether oxygens (including phenoxy) is 1. The third kappa shape index (κ3) is 2.43. The molecule has 0 saturated heterocycles. The van der Waals surface area contributed by atoms with E-state index in [2.05, 4.69) is 0 Å². The molecule has 6 heteroatoms. The van der Waals surface area contributed by atoms with Crippen molar-refractivity contribution in [2.45, 2.75) is 6.42 Å².